The molecule has 0 saturated carbocycles. The van der Waals surface area contributed by atoms with Crippen molar-refractivity contribution >= 4 is 58.2 Å². The molecule has 4 aromatic carbocycles. The van der Waals surface area contributed by atoms with E-state index >= 15 is 0 Å². The van der Waals surface area contributed by atoms with Crippen molar-refractivity contribution in [2.45, 2.75) is 155 Å². The van der Waals surface area contributed by atoms with E-state index in [0.29, 0.717) is 45.8 Å². The maximum Gasteiger partial charge on any atom is 0.229 e. The molecule has 4 aromatic rings. The van der Waals surface area contributed by atoms with Crippen LogP contribution < -0.4 is 0 Å². The summed E-state index contributed by atoms with van der Waals surface area (Å²) in [6, 6.07) is 30.8. The van der Waals surface area contributed by atoms with Crippen LogP contribution >= 0.6 is 46.4 Å². The van der Waals surface area contributed by atoms with E-state index in [9.17, 15) is 19.8 Å². The lowest BCUT2D eigenvalue weighted by molar-refractivity contribution is -0.160. The number of benzene rings is 4. The molecule has 6 nitrogen and oxygen atoms in total. The summed E-state index contributed by atoms with van der Waals surface area (Å²) in [5, 5.41) is 24.6. The molecular formula is C58H74Cl4N2O4. The van der Waals surface area contributed by atoms with E-state index in [-0.39, 0.29) is 59.7 Å². The molecule has 368 valence electrons. The molecule has 10 atom stereocenters. The number of nitrogens with zero attached hydrogens (tertiary/aromatic N) is 2. The average molecular weight is 1010 g/mol. The van der Waals surface area contributed by atoms with Gasteiger partial charge in [0.2, 0.25) is 11.8 Å². The zero-order valence-corrected chi connectivity index (χ0v) is 44.8. The van der Waals surface area contributed by atoms with E-state index in [1.165, 1.54) is 0 Å². The second-order valence-corrected chi connectivity index (χ2v) is 22.8. The lowest BCUT2D eigenvalue weighted by atomic mass is 9.66. The van der Waals surface area contributed by atoms with E-state index in [1.807, 2.05) is 152 Å². The normalized spacial score (nSPS) is 25.2. The van der Waals surface area contributed by atoms with Gasteiger partial charge in [-0.1, -0.05) is 149 Å². The molecule has 0 spiro atoms. The summed E-state index contributed by atoms with van der Waals surface area (Å²) in [6.45, 7) is 27.5. The lowest BCUT2D eigenvalue weighted by Gasteiger charge is -2.54. The summed E-state index contributed by atoms with van der Waals surface area (Å²) in [5.41, 5.74) is 1.17. The van der Waals surface area contributed by atoms with E-state index in [0.717, 1.165) is 35.1 Å². The fraction of sp³-hybridized carbons (Fsp3) is 0.483. The van der Waals surface area contributed by atoms with E-state index < -0.39 is 22.0 Å². The third-order valence-corrected chi connectivity index (χ3v) is 16.3. The largest absolute Gasteiger partial charge is 0.390 e. The molecule has 10 heteroatoms. The smallest absolute Gasteiger partial charge is 0.229 e. The van der Waals surface area contributed by atoms with Crippen LogP contribution in [0, 0.1) is 22.7 Å². The fourth-order valence-corrected chi connectivity index (χ4v) is 11.7. The van der Waals surface area contributed by atoms with Gasteiger partial charge in [-0.25, -0.2) is 0 Å². The van der Waals surface area contributed by atoms with Crippen LogP contribution in [0.25, 0.3) is 0 Å². The third-order valence-electron chi connectivity index (χ3n) is 15.3. The van der Waals surface area contributed by atoms with Crippen molar-refractivity contribution in [2.24, 2.45) is 22.7 Å². The van der Waals surface area contributed by atoms with Crippen molar-refractivity contribution in [1.29, 1.82) is 0 Å². The molecule has 2 fully saturated rings. The molecule has 0 aliphatic carbocycles. The molecule has 2 amide bonds. The van der Waals surface area contributed by atoms with Crippen LogP contribution in [0.4, 0.5) is 0 Å². The highest BCUT2D eigenvalue weighted by Crippen LogP contribution is 2.55. The zero-order valence-electron chi connectivity index (χ0n) is 41.8. The molecule has 2 saturated heterocycles. The van der Waals surface area contributed by atoms with Crippen molar-refractivity contribution in [3.63, 3.8) is 0 Å². The minimum Gasteiger partial charge on any atom is -0.390 e. The standard InChI is InChI=1S/2C29H37Cl2NO2/c2*1-7-16-29(6)18-24(21-10-9-11-23(31)17-21)26(20-12-14-22(30)15-13-20)32(27(29)33)25(8-2)19(3)28(4,5)34/h2*7,9-15,17,19,24-26,34H,1,8,16,18H2,2-6H3/t19-,24+,25?,26+,29-;19-,24-,25?,26-,29+/m01/s1. The first-order chi connectivity index (χ1) is 31.8. The van der Waals surface area contributed by atoms with Gasteiger partial charge in [0, 0.05) is 55.8 Å². The summed E-state index contributed by atoms with van der Waals surface area (Å²) in [5.74, 6) is -0.0250. The Labute approximate surface area is 427 Å². The monoisotopic (exact) mass is 1000 g/mol. The van der Waals surface area contributed by atoms with Crippen molar-refractivity contribution in [1.82, 2.24) is 9.80 Å². The second-order valence-electron chi connectivity index (χ2n) is 21.1. The summed E-state index contributed by atoms with van der Waals surface area (Å²) < 4.78 is 0. The molecule has 0 aromatic heterocycles. The summed E-state index contributed by atoms with van der Waals surface area (Å²) in [7, 11) is 0. The lowest BCUT2D eigenvalue weighted by Crippen LogP contribution is -2.59. The zero-order chi connectivity index (χ0) is 50.5. The molecule has 68 heavy (non-hydrogen) atoms. The van der Waals surface area contributed by atoms with Crippen molar-refractivity contribution < 1.29 is 19.8 Å². The predicted octanol–water partition coefficient (Wildman–Crippen LogP) is 15.6. The Morgan fingerprint density at radius 3 is 1.18 bits per heavy atom. The molecule has 2 aliphatic rings. The summed E-state index contributed by atoms with van der Waals surface area (Å²) >= 11 is 25.3. The van der Waals surface area contributed by atoms with Crippen LogP contribution in [0.15, 0.2) is 122 Å². The highest BCUT2D eigenvalue weighted by molar-refractivity contribution is 6.31. The number of allylic oxidation sites excluding steroid dienone is 2. The third kappa shape index (κ3) is 12.3. The number of rotatable bonds is 16. The highest BCUT2D eigenvalue weighted by atomic mass is 35.5. The van der Waals surface area contributed by atoms with Crippen molar-refractivity contribution in [2.75, 3.05) is 0 Å². The van der Waals surface area contributed by atoms with E-state index in [1.54, 1.807) is 0 Å². The second kappa shape index (κ2) is 22.6. The Morgan fingerprint density at radius 2 is 0.912 bits per heavy atom. The SMILES string of the molecule is C=CC[C@@]1(C)C[C@H](c2cccc(Cl)c2)[C@@H](c2ccc(Cl)cc2)N(C(CC)[C@@H](C)C(C)(C)O)C1=O.C=CC[C@@]1(C)C[C@H](c2cccc(Cl)c2)[C@@H](c2ccc(Cl)cc2)N(C(CC)[C@H](C)C(C)(C)O)C1=O. The highest BCUT2D eigenvalue weighted by Gasteiger charge is 2.54. The molecule has 2 aliphatic heterocycles. The van der Waals surface area contributed by atoms with Gasteiger partial charge >= 0.3 is 0 Å². The Hall–Kier alpha value is -3.62. The first-order valence-corrected chi connectivity index (χ1v) is 25.7. The van der Waals surface area contributed by atoms with E-state index in [2.05, 4.69) is 48.9 Å². The Kier molecular flexibility index (Phi) is 18.4. The van der Waals surface area contributed by atoms with Gasteiger partial charge in [-0.2, -0.15) is 0 Å². The first kappa shape index (κ1) is 55.3. The van der Waals surface area contributed by atoms with Crippen molar-refractivity contribution in [3.05, 3.63) is 165 Å². The maximum atomic E-state index is 14.3. The molecule has 0 bridgehead atoms. The molecule has 2 heterocycles. The number of hydrogen-bond donors (Lipinski definition) is 2. The van der Waals surface area contributed by atoms with Gasteiger partial charge in [0.15, 0.2) is 0 Å². The Morgan fingerprint density at radius 1 is 0.588 bits per heavy atom. The van der Waals surface area contributed by atoms with E-state index in [4.69, 9.17) is 46.4 Å². The minimum absolute atomic E-state index is 0.0191. The van der Waals surface area contributed by atoms with Crippen LogP contribution in [0.5, 0.6) is 0 Å². The number of piperidine rings is 2. The first-order valence-electron chi connectivity index (χ1n) is 24.2. The van der Waals surface area contributed by atoms with Gasteiger partial charge < -0.3 is 20.0 Å². The molecule has 2 N–H and O–H groups in total. The number of hydrogen-bond acceptors (Lipinski definition) is 4. The van der Waals surface area contributed by atoms with Crippen LogP contribution in [-0.2, 0) is 9.59 Å². The number of likely N-dealkylation sites (tertiary alicyclic amines) is 2. The van der Waals surface area contributed by atoms with Gasteiger partial charge in [0.1, 0.15) is 0 Å². The number of carbonyl (C=O) groups excluding carboxylic acids is 2. The molecule has 0 radical (unpaired) electrons. The number of halogens is 4. The number of aliphatic hydroxyl groups is 2. The van der Waals surface area contributed by atoms with Crippen LogP contribution in [0.2, 0.25) is 20.1 Å². The Balaban J connectivity index is 0.000000254. The van der Waals surface area contributed by atoms with Gasteiger partial charge in [-0.15, -0.1) is 13.2 Å². The average Bonchev–Trinajstić information content (AvgIpc) is 3.27. The van der Waals surface area contributed by atoms with Gasteiger partial charge in [0.05, 0.1) is 34.1 Å². The van der Waals surface area contributed by atoms with Crippen molar-refractivity contribution in [3.8, 4) is 0 Å². The van der Waals surface area contributed by atoms with Crippen LogP contribution in [0.1, 0.15) is 154 Å². The minimum atomic E-state index is -0.941. The molecular weight excluding hydrogens is 930 g/mol. The predicted molar refractivity (Wildman–Crippen MR) is 285 cm³/mol. The topological polar surface area (TPSA) is 81.1 Å². The quantitative estimate of drug-likeness (QED) is 0.110. The van der Waals surface area contributed by atoms with Gasteiger partial charge in [-0.05, 0) is 137 Å². The van der Waals surface area contributed by atoms with Crippen LogP contribution in [-0.4, -0.2) is 55.1 Å². The number of amides is 2. The number of carbonyl (C=O) groups is 2. The summed E-state index contributed by atoms with van der Waals surface area (Å²) in [6.07, 6.45) is 7.66. The fourth-order valence-electron chi connectivity index (χ4n) is 11.0. The van der Waals surface area contributed by atoms with Gasteiger partial charge in [-0.3, -0.25) is 9.59 Å². The maximum absolute atomic E-state index is 14.3. The molecule has 6 rings (SSSR count). The van der Waals surface area contributed by atoms with Crippen LogP contribution in [0.3, 0.4) is 0 Å². The molecule has 2 unspecified atom stereocenters. The van der Waals surface area contributed by atoms with Gasteiger partial charge in [0.25, 0.3) is 0 Å². The summed E-state index contributed by atoms with van der Waals surface area (Å²) in [4.78, 5) is 32.7. The Bertz CT molecular complexity index is 2190.